The van der Waals surface area contributed by atoms with Crippen molar-refractivity contribution in [3.8, 4) is 11.1 Å². The maximum absolute atomic E-state index is 11.5. The Morgan fingerprint density at radius 2 is 1.83 bits per heavy atom. The average Bonchev–Trinajstić information content (AvgIpc) is 2.90. The van der Waals surface area contributed by atoms with Crippen molar-refractivity contribution in [2.24, 2.45) is 0 Å². The molecule has 0 spiro atoms. The minimum atomic E-state index is -4.36. The van der Waals surface area contributed by atoms with Crippen molar-refractivity contribution in [1.82, 2.24) is 0 Å². The number of aliphatic hydroxyl groups excluding tert-OH is 1. The highest BCUT2D eigenvalue weighted by molar-refractivity contribution is 7.87. The number of anilines is 1. The summed E-state index contributed by atoms with van der Waals surface area (Å²) in [4.78, 5) is 0. The standard InChI is InChI=1S/C17H19NO4S/c1-17(11-19,23(20,21)22)10-18-16-8-4-7-14-13-6-3-2-5-12(13)9-15(14)16/h2-8,18-19H,9-11H2,1H3,(H,20,21,22). The third-order valence-electron chi connectivity index (χ3n) is 4.46. The minimum Gasteiger partial charge on any atom is -0.395 e. The molecule has 2 aromatic rings. The van der Waals surface area contributed by atoms with Crippen LogP contribution in [-0.2, 0) is 16.5 Å². The molecule has 3 rings (SSSR count). The van der Waals surface area contributed by atoms with Crippen LogP contribution in [0.25, 0.3) is 11.1 Å². The molecular formula is C17H19NO4S. The van der Waals surface area contributed by atoms with Gasteiger partial charge in [0, 0.05) is 18.7 Å². The van der Waals surface area contributed by atoms with Gasteiger partial charge in [-0.05, 0) is 35.2 Å². The van der Waals surface area contributed by atoms with Gasteiger partial charge in [-0.1, -0.05) is 36.4 Å². The second kappa shape index (κ2) is 5.63. The van der Waals surface area contributed by atoms with Crippen LogP contribution >= 0.6 is 0 Å². The Hall–Kier alpha value is -1.89. The first kappa shape index (κ1) is 16.0. The van der Waals surface area contributed by atoms with Gasteiger partial charge in [0.15, 0.2) is 0 Å². The van der Waals surface area contributed by atoms with E-state index in [2.05, 4.69) is 17.4 Å². The smallest absolute Gasteiger partial charge is 0.274 e. The van der Waals surface area contributed by atoms with E-state index in [1.54, 1.807) is 0 Å². The lowest BCUT2D eigenvalue weighted by Crippen LogP contribution is -2.45. The summed E-state index contributed by atoms with van der Waals surface area (Å²) in [5.74, 6) is 0. The fraction of sp³-hybridized carbons (Fsp3) is 0.294. The number of aliphatic hydroxyl groups is 1. The van der Waals surface area contributed by atoms with Crippen LogP contribution in [0.4, 0.5) is 5.69 Å². The van der Waals surface area contributed by atoms with Gasteiger partial charge in [0.25, 0.3) is 10.1 Å². The zero-order valence-corrected chi connectivity index (χ0v) is 13.6. The van der Waals surface area contributed by atoms with Crippen LogP contribution in [0.2, 0.25) is 0 Å². The maximum Gasteiger partial charge on any atom is 0.274 e. The third-order valence-corrected chi connectivity index (χ3v) is 5.98. The summed E-state index contributed by atoms with van der Waals surface area (Å²) in [5.41, 5.74) is 5.47. The van der Waals surface area contributed by atoms with Crippen molar-refractivity contribution >= 4 is 15.8 Å². The predicted molar refractivity (Wildman–Crippen MR) is 90.2 cm³/mol. The molecule has 5 nitrogen and oxygen atoms in total. The highest BCUT2D eigenvalue weighted by Crippen LogP contribution is 2.40. The molecule has 0 aromatic heterocycles. The van der Waals surface area contributed by atoms with E-state index in [0.717, 1.165) is 23.2 Å². The molecule has 1 aliphatic rings. The van der Waals surface area contributed by atoms with Crippen molar-refractivity contribution < 1.29 is 18.1 Å². The average molecular weight is 333 g/mol. The molecule has 122 valence electrons. The van der Waals surface area contributed by atoms with Gasteiger partial charge in [-0.25, -0.2) is 0 Å². The molecule has 0 heterocycles. The van der Waals surface area contributed by atoms with Crippen LogP contribution in [0.5, 0.6) is 0 Å². The van der Waals surface area contributed by atoms with Crippen molar-refractivity contribution in [1.29, 1.82) is 0 Å². The summed E-state index contributed by atoms with van der Waals surface area (Å²) in [6.07, 6.45) is 0.774. The summed E-state index contributed by atoms with van der Waals surface area (Å²) in [5, 5.41) is 12.4. The van der Waals surface area contributed by atoms with E-state index in [-0.39, 0.29) is 6.54 Å². The first-order valence-electron chi connectivity index (χ1n) is 7.38. The van der Waals surface area contributed by atoms with Gasteiger partial charge in [-0.3, -0.25) is 4.55 Å². The van der Waals surface area contributed by atoms with Crippen molar-refractivity contribution in [3.05, 3.63) is 53.6 Å². The van der Waals surface area contributed by atoms with Gasteiger partial charge in [0.05, 0.1) is 6.61 Å². The normalized spacial score (nSPS) is 15.6. The first-order chi connectivity index (χ1) is 10.9. The van der Waals surface area contributed by atoms with Gasteiger partial charge in [0.1, 0.15) is 4.75 Å². The van der Waals surface area contributed by atoms with Gasteiger partial charge in [0.2, 0.25) is 0 Å². The third kappa shape index (κ3) is 2.73. The molecule has 0 bridgehead atoms. The molecule has 2 aromatic carbocycles. The Labute approximate surface area is 135 Å². The largest absolute Gasteiger partial charge is 0.395 e. The van der Waals surface area contributed by atoms with E-state index < -0.39 is 21.5 Å². The highest BCUT2D eigenvalue weighted by Gasteiger charge is 2.37. The van der Waals surface area contributed by atoms with E-state index in [9.17, 15) is 18.1 Å². The topological polar surface area (TPSA) is 86.6 Å². The molecular weight excluding hydrogens is 314 g/mol. The monoisotopic (exact) mass is 333 g/mol. The van der Waals surface area contributed by atoms with E-state index >= 15 is 0 Å². The molecule has 1 aliphatic carbocycles. The molecule has 0 amide bonds. The van der Waals surface area contributed by atoms with Gasteiger partial charge >= 0.3 is 0 Å². The van der Waals surface area contributed by atoms with E-state index in [1.165, 1.54) is 18.1 Å². The first-order valence-corrected chi connectivity index (χ1v) is 8.82. The lowest BCUT2D eigenvalue weighted by Gasteiger charge is -2.25. The molecule has 0 radical (unpaired) electrons. The summed E-state index contributed by atoms with van der Waals surface area (Å²) < 4.78 is 30.6. The molecule has 1 atom stereocenters. The fourth-order valence-electron chi connectivity index (χ4n) is 2.83. The molecule has 0 aliphatic heterocycles. The van der Waals surface area contributed by atoms with Crippen molar-refractivity contribution in [2.75, 3.05) is 18.5 Å². The van der Waals surface area contributed by atoms with Crippen LogP contribution in [0.15, 0.2) is 42.5 Å². The molecule has 0 saturated carbocycles. The number of benzene rings is 2. The van der Waals surface area contributed by atoms with E-state index in [4.69, 9.17) is 0 Å². The van der Waals surface area contributed by atoms with Gasteiger partial charge in [-0.2, -0.15) is 8.42 Å². The Kier molecular flexibility index (Phi) is 3.91. The summed E-state index contributed by atoms with van der Waals surface area (Å²) in [7, 11) is -4.36. The SMILES string of the molecule is CC(CO)(CNc1cccc2c1Cc1ccccc1-2)S(=O)(=O)O. The van der Waals surface area contributed by atoms with Gasteiger partial charge < -0.3 is 10.4 Å². The fourth-order valence-corrected chi connectivity index (χ4v) is 3.25. The number of hydrogen-bond acceptors (Lipinski definition) is 4. The number of rotatable bonds is 5. The predicted octanol–water partition coefficient (Wildman–Crippen LogP) is 2.31. The van der Waals surface area contributed by atoms with Crippen LogP contribution in [0.1, 0.15) is 18.1 Å². The summed E-state index contributed by atoms with van der Waals surface area (Å²) in [6, 6.07) is 14.0. The molecule has 23 heavy (non-hydrogen) atoms. The Balaban J connectivity index is 1.90. The van der Waals surface area contributed by atoms with E-state index in [0.29, 0.717) is 0 Å². The molecule has 6 heteroatoms. The lowest BCUT2D eigenvalue weighted by molar-refractivity contribution is 0.246. The number of fused-ring (bicyclic) bond motifs is 3. The second-order valence-electron chi connectivity index (χ2n) is 6.10. The zero-order chi connectivity index (χ0) is 16.7. The van der Waals surface area contributed by atoms with E-state index in [1.807, 2.05) is 30.3 Å². The Bertz CT molecular complexity index is 847. The van der Waals surface area contributed by atoms with Crippen molar-refractivity contribution in [2.45, 2.75) is 18.1 Å². The van der Waals surface area contributed by atoms with Crippen molar-refractivity contribution in [3.63, 3.8) is 0 Å². The molecule has 1 unspecified atom stereocenters. The number of nitrogens with one attached hydrogen (secondary N) is 1. The van der Waals surface area contributed by atoms with Gasteiger partial charge in [-0.15, -0.1) is 0 Å². The molecule has 0 fully saturated rings. The molecule has 0 saturated heterocycles. The quantitative estimate of drug-likeness (QED) is 0.624. The Morgan fingerprint density at radius 3 is 2.52 bits per heavy atom. The molecule has 3 N–H and O–H groups in total. The van der Waals surface area contributed by atoms with Crippen LogP contribution in [0, 0.1) is 0 Å². The maximum atomic E-state index is 11.5. The summed E-state index contributed by atoms with van der Waals surface area (Å²) in [6.45, 7) is 0.580. The summed E-state index contributed by atoms with van der Waals surface area (Å²) >= 11 is 0. The van der Waals surface area contributed by atoms with Crippen LogP contribution < -0.4 is 5.32 Å². The minimum absolute atomic E-state index is 0.0743. The lowest BCUT2D eigenvalue weighted by atomic mass is 10.0. The van der Waals surface area contributed by atoms with Crippen LogP contribution in [-0.4, -0.2) is 36.0 Å². The second-order valence-corrected chi connectivity index (χ2v) is 8.04. The van der Waals surface area contributed by atoms with Crippen LogP contribution in [0.3, 0.4) is 0 Å². The number of hydrogen-bond donors (Lipinski definition) is 3. The Morgan fingerprint density at radius 1 is 1.13 bits per heavy atom. The zero-order valence-electron chi connectivity index (χ0n) is 12.8. The highest BCUT2D eigenvalue weighted by atomic mass is 32.2.